The molecule has 0 saturated heterocycles. The molecular formula is C15H28N2O2. The van der Waals surface area contributed by atoms with Crippen LogP contribution in [-0.4, -0.2) is 49.2 Å². The Labute approximate surface area is 116 Å². The minimum Gasteiger partial charge on any atom is -0.468 e. The maximum Gasteiger partial charge on any atom is 0.326 e. The number of nitrogens with one attached hydrogen (secondary N) is 1. The molecule has 4 heteroatoms. The molecule has 0 aromatic heterocycles. The molecule has 0 heterocycles. The lowest BCUT2D eigenvalue weighted by molar-refractivity contribution is -0.148. The minimum atomic E-state index is -0.437. The predicted molar refractivity (Wildman–Crippen MR) is 76.1 cm³/mol. The summed E-state index contributed by atoms with van der Waals surface area (Å²) in [6, 6.07) is 1.26. The molecule has 2 fully saturated rings. The summed E-state index contributed by atoms with van der Waals surface area (Å²) in [4.78, 5) is 14.7. The highest BCUT2D eigenvalue weighted by atomic mass is 16.5. The lowest BCUT2D eigenvalue weighted by atomic mass is 9.90. The first-order valence-electron chi connectivity index (χ1n) is 7.68. The van der Waals surface area contributed by atoms with Gasteiger partial charge in [-0.3, -0.25) is 4.79 Å². The van der Waals surface area contributed by atoms with E-state index in [1.165, 1.54) is 26.4 Å². The molecule has 110 valence electrons. The fourth-order valence-electron chi connectivity index (χ4n) is 3.44. The molecule has 2 aliphatic carbocycles. The van der Waals surface area contributed by atoms with Crippen molar-refractivity contribution >= 4 is 5.97 Å². The van der Waals surface area contributed by atoms with E-state index in [0.29, 0.717) is 6.04 Å². The van der Waals surface area contributed by atoms with E-state index in [1.807, 2.05) is 0 Å². The number of carbonyl (C=O) groups is 1. The SMILES string of the molecule is CCCNC1(C(=O)OC)CCC(N(C)C2CCC2)C1. The van der Waals surface area contributed by atoms with E-state index >= 15 is 0 Å². The van der Waals surface area contributed by atoms with Gasteiger partial charge in [-0.15, -0.1) is 0 Å². The number of rotatable bonds is 6. The van der Waals surface area contributed by atoms with Gasteiger partial charge in [0, 0.05) is 12.1 Å². The third-order valence-electron chi connectivity index (χ3n) is 5.00. The number of nitrogens with zero attached hydrogens (tertiary/aromatic N) is 1. The lowest BCUT2D eigenvalue weighted by Gasteiger charge is -2.39. The van der Waals surface area contributed by atoms with E-state index in [1.54, 1.807) is 0 Å². The number of esters is 1. The summed E-state index contributed by atoms with van der Waals surface area (Å²) in [6.45, 7) is 3.01. The van der Waals surface area contributed by atoms with Gasteiger partial charge in [-0.25, -0.2) is 0 Å². The number of ether oxygens (including phenoxy) is 1. The van der Waals surface area contributed by atoms with Crippen molar-refractivity contribution in [1.29, 1.82) is 0 Å². The van der Waals surface area contributed by atoms with Gasteiger partial charge in [0.1, 0.15) is 5.54 Å². The lowest BCUT2D eigenvalue weighted by Crippen LogP contribution is -2.53. The van der Waals surface area contributed by atoms with Crippen LogP contribution < -0.4 is 5.32 Å². The van der Waals surface area contributed by atoms with Gasteiger partial charge < -0.3 is 15.0 Å². The maximum atomic E-state index is 12.2. The molecule has 2 rings (SSSR count). The minimum absolute atomic E-state index is 0.0783. The molecule has 0 aliphatic heterocycles. The van der Waals surface area contributed by atoms with Crippen LogP contribution in [0.2, 0.25) is 0 Å². The van der Waals surface area contributed by atoms with Gasteiger partial charge in [0.05, 0.1) is 7.11 Å². The summed E-state index contributed by atoms with van der Waals surface area (Å²) in [5.41, 5.74) is -0.437. The van der Waals surface area contributed by atoms with Gasteiger partial charge in [-0.05, 0) is 52.1 Å². The Bertz CT molecular complexity index is 317. The second-order valence-electron chi connectivity index (χ2n) is 6.15. The molecule has 2 aliphatic rings. The fourth-order valence-corrected chi connectivity index (χ4v) is 3.44. The van der Waals surface area contributed by atoms with Crippen molar-refractivity contribution in [3.05, 3.63) is 0 Å². The van der Waals surface area contributed by atoms with Crippen LogP contribution in [0.5, 0.6) is 0 Å². The Balaban J connectivity index is 1.99. The van der Waals surface area contributed by atoms with Crippen LogP contribution in [0.15, 0.2) is 0 Å². The zero-order valence-corrected chi connectivity index (χ0v) is 12.6. The van der Waals surface area contributed by atoms with Crippen molar-refractivity contribution in [2.75, 3.05) is 20.7 Å². The number of hydrogen-bond donors (Lipinski definition) is 1. The van der Waals surface area contributed by atoms with Crippen LogP contribution >= 0.6 is 0 Å². The van der Waals surface area contributed by atoms with Gasteiger partial charge in [0.25, 0.3) is 0 Å². The Kier molecular flexibility index (Phi) is 4.85. The van der Waals surface area contributed by atoms with Gasteiger partial charge in [-0.1, -0.05) is 13.3 Å². The summed E-state index contributed by atoms with van der Waals surface area (Å²) < 4.78 is 5.04. The Morgan fingerprint density at radius 2 is 2.11 bits per heavy atom. The molecule has 0 bridgehead atoms. The molecule has 0 spiro atoms. The summed E-state index contributed by atoms with van der Waals surface area (Å²) >= 11 is 0. The molecule has 0 amide bonds. The second-order valence-corrected chi connectivity index (χ2v) is 6.15. The molecule has 19 heavy (non-hydrogen) atoms. The van der Waals surface area contributed by atoms with E-state index in [0.717, 1.165) is 38.3 Å². The van der Waals surface area contributed by atoms with Crippen molar-refractivity contribution in [3.63, 3.8) is 0 Å². The maximum absolute atomic E-state index is 12.2. The van der Waals surface area contributed by atoms with Crippen molar-refractivity contribution in [3.8, 4) is 0 Å². The zero-order valence-electron chi connectivity index (χ0n) is 12.6. The highest BCUT2D eigenvalue weighted by molar-refractivity contribution is 5.81. The number of carbonyl (C=O) groups excluding carboxylic acids is 1. The Morgan fingerprint density at radius 3 is 2.63 bits per heavy atom. The molecule has 0 radical (unpaired) electrons. The summed E-state index contributed by atoms with van der Waals surface area (Å²) in [7, 11) is 3.72. The first-order valence-corrected chi connectivity index (χ1v) is 7.68. The highest BCUT2D eigenvalue weighted by Gasteiger charge is 2.47. The van der Waals surface area contributed by atoms with Crippen molar-refractivity contribution in [1.82, 2.24) is 10.2 Å². The molecular weight excluding hydrogens is 240 g/mol. The molecule has 2 atom stereocenters. The third kappa shape index (κ3) is 2.95. The zero-order chi connectivity index (χ0) is 13.9. The van der Waals surface area contributed by atoms with E-state index in [2.05, 4.69) is 24.2 Å². The normalized spacial score (nSPS) is 31.5. The standard InChI is InChI=1S/C15H28N2O2/c1-4-10-16-15(14(18)19-3)9-8-13(11-15)17(2)12-6-5-7-12/h12-13,16H,4-11H2,1-3H3. The summed E-state index contributed by atoms with van der Waals surface area (Å²) in [5, 5.41) is 3.45. The van der Waals surface area contributed by atoms with Crippen LogP contribution in [0.25, 0.3) is 0 Å². The van der Waals surface area contributed by atoms with Crippen LogP contribution in [0.1, 0.15) is 51.9 Å². The molecule has 1 N–H and O–H groups in total. The van der Waals surface area contributed by atoms with Crippen LogP contribution in [0.3, 0.4) is 0 Å². The molecule has 2 unspecified atom stereocenters. The number of hydrogen-bond acceptors (Lipinski definition) is 4. The van der Waals surface area contributed by atoms with Gasteiger partial charge in [0.15, 0.2) is 0 Å². The first kappa shape index (κ1) is 14.8. The highest BCUT2D eigenvalue weighted by Crippen LogP contribution is 2.37. The predicted octanol–water partition coefficient (Wildman–Crippen LogP) is 1.93. The smallest absolute Gasteiger partial charge is 0.326 e. The van der Waals surface area contributed by atoms with E-state index in [4.69, 9.17) is 4.74 Å². The fraction of sp³-hybridized carbons (Fsp3) is 0.933. The first-order chi connectivity index (χ1) is 9.13. The van der Waals surface area contributed by atoms with Gasteiger partial charge >= 0.3 is 5.97 Å². The van der Waals surface area contributed by atoms with Crippen LogP contribution in [-0.2, 0) is 9.53 Å². The largest absolute Gasteiger partial charge is 0.468 e. The van der Waals surface area contributed by atoms with Crippen molar-refractivity contribution < 1.29 is 9.53 Å². The molecule has 0 aromatic carbocycles. The summed E-state index contributed by atoms with van der Waals surface area (Å²) in [5.74, 6) is -0.0783. The molecule has 4 nitrogen and oxygen atoms in total. The average Bonchev–Trinajstić information content (AvgIpc) is 2.79. The Morgan fingerprint density at radius 1 is 1.37 bits per heavy atom. The molecule has 2 saturated carbocycles. The van der Waals surface area contributed by atoms with Gasteiger partial charge in [-0.2, -0.15) is 0 Å². The van der Waals surface area contributed by atoms with Gasteiger partial charge in [0.2, 0.25) is 0 Å². The topological polar surface area (TPSA) is 41.6 Å². The summed E-state index contributed by atoms with van der Waals surface area (Å²) in [6.07, 6.45) is 7.94. The number of methoxy groups -OCH3 is 1. The van der Waals surface area contributed by atoms with E-state index < -0.39 is 5.54 Å². The van der Waals surface area contributed by atoms with Crippen LogP contribution in [0, 0.1) is 0 Å². The average molecular weight is 268 g/mol. The van der Waals surface area contributed by atoms with E-state index in [-0.39, 0.29) is 5.97 Å². The van der Waals surface area contributed by atoms with Crippen molar-refractivity contribution in [2.45, 2.75) is 69.5 Å². The Hall–Kier alpha value is -0.610. The van der Waals surface area contributed by atoms with Crippen molar-refractivity contribution in [2.24, 2.45) is 0 Å². The monoisotopic (exact) mass is 268 g/mol. The second kappa shape index (κ2) is 6.23. The molecule has 0 aromatic rings. The van der Waals surface area contributed by atoms with E-state index in [9.17, 15) is 4.79 Å². The third-order valence-corrected chi connectivity index (χ3v) is 5.00. The quantitative estimate of drug-likeness (QED) is 0.748. The van der Waals surface area contributed by atoms with Crippen LogP contribution in [0.4, 0.5) is 0 Å².